The number of carbonyl (C=O) groups is 1. The highest BCUT2D eigenvalue weighted by Crippen LogP contribution is 2.29. The summed E-state index contributed by atoms with van der Waals surface area (Å²) >= 11 is 0. The van der Waals surface area contributed by atoms with Crippen LogP contribution in [0.4, 0.5) is 10.5 Å². The van der Waals surface area contributed by atoms with Gasteiger partial charge >= 0.3 is 6.03 Å². The van der Waals surface area contributed by atoms with Crippen molar-refractivity contribution in [3.63, 3.8) is 0 Å². The molecule has 2 aromatic carbocycles. The van der Waals surface area contributed by atoms with Crippen LogP contribution in [0.3, 0.4) is 0 Å². The van der Waals surface area contributed by atoms with E-state index < -0.39 is 0 Å². The molecular weight excluding hydrogens is 332 g/mol. The number of nitrogens with one attached hydrogen (secondary N) is 2. The van der Waals surface area contributed by atoms with Crippen molar-refractivity contribution < 1.29 is 19.0 Å². The van der Waals surface area contributed by atoms with Crippen molar-refractivity contribution in [2.45, 2.75) is 32.9 Å². The van der Waals surface area contributed by atoms with Crippen LogP contribution in [0.2, 0.25) is 0 Å². The number of benzene rings is 2. The zero-order valence-corrected chi connectivity index (χ0v) is 15.8. The third-order valence-corrected chi connectivity index (χ3v) is 3.75. The smallest absolute Gasteiger partial charge is 0.319 e. The first-order valence-electron chi connectivity index (χ1n) is 8.49. The molecule has 140 valence electrons. The molecule has 0 heterocycles. The second-order valence-electron chi connectivity index (χ2n) is 6.09. The summed E-state index contributed by atoms with van der Waals surface area (Å²) in [5, 5.41) is 5.75. The Bertz CT molecular complexity index is 746. The number of para-hydroxylation sites is 2. The minimum Gasteiger partial charge on any atom is -0.497 e. The van der Waals surface area contributed by atoms with E-state index in [4.69, 9.17) is 14.2 Å². The number of hydrogen-bond acceptors (Lipinski definition) is 4. The lowest BCUT2D eigenvalue weighted by Crippen LogP contribution is -2.31. The molecule has 2 rings (SSSR count). The number of rotatable bonds is 7. The Hall–Kier alpha value is -2.89. The normalized spacial score (nSPS) is 11.6. The Morgan fingerprint density at radius 1 is 0.962 bits per heavy atom. The van der Waals surface area contributed by atoms with E-state index in [2.05, 4.69) is 10.6 Å². The van der Waals surface area contributed by atoms with Gasteiger partial charge in [-0.25, -0.2) is 4.79 Å². The maximum atomic E-state index is 12.4. The Balaban J connectivity index is 2.11. The minimum atomic E-state index is -0.331. The first kappa shape index (κ1) is 19.4. The van der Waals surface area contributed by atoms with Crippen LogP contribution >= 0.6 is 0 Å². The molecule has 1 atom stereocenters. The summed E-state index contributed by atoms with van der Waals surface area (Å²) in [6.07, 6.45) is 0.0148. The molecule has 6 heteroatoms. The van der Waals surface area contributed by atoms with E-state index in [1.165, 1.54) is 0 Å². The first-order valence-corrected chi connectivity index (χ1v) is 8.49. The summed E-state index contributed by atoms with van der Waals surface area (Å²) < 4.78 is 16.4. The van der Waals surface area contributed by atoms with E-state index in [0.717, 1.165) is 5.56 Å². The summed E-state index contributed by atoms with van der Waals surface area (Å²) in [6, 6.07) is 12.2. The fraction of sp³-hybridized carbons (Fsp3) is 0.350. The van der Waals surface area contributed by atoms with E-state index >= 15 is 0 Å². The molecule has 6 nitrogen and oxygen atoms in total. The Morgan fingerprint density at radius 3 is 2.35 bits per heavy atom. The lowest BCUT2D eigenvalue weighted by atomic mass is 10.1. The largest absolute Gasteiger partial charge is 0.497 e. The monoisotopic (exact) mass is 358 g/mol. The lowest BCUT2D eigenvalue weighted by Gasteiger charge is -2.19. The fourth-order valence-corrected chi connectivity index (χ4v) is 2.54. The summed E-state index contributed by atoms with van der Waals surface area (Å²) in [6.45, 7) is 5.76. The molecule has 0 aliphatic heterocycles. The first-order chi connectivity index (χ1) is 12.4. The Morgan fingerprint density at radius 2 is 1.69 bits per heavy atom. The predicted molar refractivity (Wildman–Crippen MR) is 102 cm³/mol. The van der Waals surface area contributed by atoms with Crippen LogP contribution in [0.5, 0.6) is 17.2 Å². The van der Waals surface area contributed by atoms with Crippen LogP contribution in [0.15, 0.2) is 42.5 Å². The summed E-state index contributed by atoms with van der Waals surface area (Å²) in [5.41, 5.74) is 1.44. The van der Waals surface area contributed by atoms with Gasteiger partial charge in [0.05, 0.1) is 32.1 Å². The van der Waals surface area contributed by atoms with Gasteiger partial charge in [0.2, 0.25) is 0 Å². The van der Waals surface area contributed by atoms with Crippen molar-refractivity contribution >= 4 is 11.7 Å². The van der Waals surface area contributed by atoms with Crippen LogP contribution in [0.25, 0.3) is 0 Å². The van der Waals surface area contributed by atoms with E-state index in [1.54, 1.807) is 20.3 Å². The molecule has 1 unspecified atom stereocenters. The molecule has 0 aromatic heterocycles. The third kappa shape index (κ3) is 5.05. The van der Waals surface area contributed by atoms with Crippen molar-refractivity contribution in [3.05, 3.63) is 48.0 Å². The number of carbonyl (C=O) groups excluding carboxylic acids is 1. The van der Waals surface area contributed by atoms with Crippen LogP contribution < -0.4 is 24.8 Å². The Kier molecular flexibility index (Phi) is 6.72. The third-order valence-electron chi connectivity index (χ3n) is 3.75. The van der Waals surface area contributed by atoms with Gasteiger partial charge in [0.25, 0.3) is 0 Å². The highest BCUT2D eigenvalue weighted by atomic mass is 16.5. The molecule has 0 radical (unpaired) electrons. The molecule has 0 bridgehead atoms. The van der Waals surface area contributed by atoms with Crippen molar-refractivity contribution in [1.29, 1.82) is 0 Å². The summed E-state index contributed by atoms with van der Waals surface area (Å²) in [7, 11) is 3.19. The molecular formula is C20H26N2O4. The van der Waals surface area contributed by atoms with Gasteiger partial charge in [-0.1, -0.05) is 12.1 Å². The van der Waals surface area contributed by atoms with E-state index in [-0.39, 0.29) is 18.2 Å². The standard InChI is InChI=1S/C20H26N2O4/c1-13(2)26-19-9-7-6-8-17(19)22-20(23)21-14(3)16-12-15(24-4)10-11-18(16)25-5/h6-14H,1-5H3,(H2,21,22,23). The average molecular weight is 358 g/mol. The molecule has 0 spiro atoms. The van der Waals surface area contributed by atoms with E-state index in [1.807, 2.05) is 57.2 Å². The molecule has 0 fully saturated rings. The zero-order valence-electron chi connectivity index (χ0n) is 15.8. The molecule has 26 heavy (non-hydrogen) atoms. The molecule has 0 aliphatic carbocycles. The molecule has 0 aliphatic rings. The summed E-state index contributed by atoms with van der Waals surface area (Å²) in [4.78, 5) is 12.4. The Labute approximate surface area is 154 Å². The number of ether oxygens (including phenoxy) is 3. The van der Waals surface area contributed by atoms with Gasteiger partial charge in [-0.15, -0.1) is 0 Å². The average Bonchev–Trinajstić information content (AvgIpc) is 2.62. The van der Waals surface area contributed by atoms with Crippen molar-refractivity contribution in [2.24, 2.45) is 0 Å². The molecule has 2 N–H and O–H groups in total. The van der Waals surface area contributed by atoms with Crippen LogP contribution in [0, 0.1) is 0 Å². The zero-order chi connectivity index (χ0) is 19.1. The topological polar surface area (TPSA) is 68.8 Å². The SMILES string of the molecule is COc1ccc(OC)c(C(C)NC(=O)Nc2ccccc2OC(C)C)c1. The lowest BCUT2D eigenvalue weighted by molar-refractivity contribution is 0.241. The number of methoxy groups -OCH3 is 2. The molecule has 2 aromatic rings. The van der Waals surface area contributed by atoms with Crippen LogP contribution in [-0.4, -0.2) is 26.4 Å². The van der Waals surface area contributed by atoms with Crippen molar-refractivity contribution in [2.75, 3.05) is 19.5 Å². The van der Waals surface area contributed by atoms with Crippen LogP contribution in [0.1, 0.15) is 32.4 Å². The number of amides is 2. The van der Waals surface area contributed by atoms with Gasteiger partial charge in [-0.05, 0) is 51.1 Å². The predicted octanol–water partition coefficient (Wildman–Crippen LogP) is 4.37. The number of anilines is 1. The highest BCUT2D eigenvalue weighted by molar-refractivity contribution is 5.91. The van der Waals surface area contributed by atoms with Gasteiger partial charge in [0, 0.05) is 5.56 Å². The molecule has 0 saturated carbocycles. The van der Waals surface area contributed by atoms with Gasteiger partial charge in [0.1, 0.15) is 17.2 Å². The minimum absolute atomic E-state index is 0.0148. The van der Waals surface area contributed by atoms with Gasteiger partial charge in [-0.2, -0.15) is 0 Å². The fourth-order valence-electron chi connectivity index (χ4n) is 2.54. The van der Waals surface area contributed by atoms with Gasteiger partial charge in [-0.3, -0.25) is 0 Å². The molecule has 2 amide bonds. The van der Waals surface area contributed by atoms with Crippen molar-refractivity contribution in [1.82, 2.24) is 5.32 Å². The number of hydrogen-bond donors (Lipinski definition) is 2. The second kappa shape index (κ2) is 8.99. The van der Waals surface area contributed by atoms with Gasteiger partial charge in [0.15, 0.2) is 0 Å². The molecule has 0 saturated heterocycles. The van der Waals surface area contributed by atoms with E-state index in [9.17, 15) is 4.79 Å². The van der Waals surface area contributed by atoms with Gasteiger partial charge < -0.3 is 24.8 Å². The van der Waals surface area contributed by atoms with Crippen molar-refractivity contribution in [3.8, 4) is 17.2 Å². The van der Waals surface area contributed by atoms with Crippen LogP contribution in [-0.2, 0) is 0 Å². The quantitative estimate of drug-likeness (QED) is 0.771. The maximum absolute atomic E-state index is 12.4. The summed E-state index contributed by atoms with van der Waals surface area (Å²) in [5.74, 6) is 2.01. The van der Waals surface area contributed by atoms with E-state index in [0.29, 0.717) is 22.9 Å². The number of urea groups is 1. The maximum Gasteiger partial charge on any atom is 0.319 e. The second-order valence-corrected chi connectivity index (χ2v) is 6.09. The highest BCUT2D eigenvalue weighted by Gasteiger charge is 2.16.